The first kappa shape index (κ1) is 15.2. The monoisotopic (exact) mass is 269 g/mol. The fourth-order valence-electron chi connectivity index (χ4n) is 3.47. The number of ether oxygens (including phenoxy) is 1. The highest BCUT2D eigenvalue weighted by Gasteiger charge is 2.30. The Bertz CT molecular complexity index is 252. The molecule has 0 saturated carbocycles. The van der Waals surface area contributed by atoms with Gasteiger partial charge in [-0.1, -0.05) is 6.92 Å². The standard InChI is InChI=1S/C15H31N3O/c1-4-16-15-12-19-11-14(15)10-18-7-5-13(6-8-18)9-17(2)3/h13-16H,4-12H2,1-3H3. The third kappa shape index (κ3) is 4.71. The van der Waals surface area contributed by atoms with E-state index in [9.17, 15) is 0 Å². The number of likely N-dealkylation sites (tertiary alicyclic amines) is 1. The van der Waals surface area contributed by atoms with Crippen molar-refractivity contribution in [1.29, 1.82) is 0 Å². The summed E-state index contributed by atoms with van der Waals surface area (Å²) in [7, 11) is 4.37. The number of hydrogen-bond acceptors (Lipinski definition) is 4. The predicted octanol–water partition coefficient (Wildman–Crippen LogP) is 0.885. The lowest BCUT2D eigenvalue weighted by atomic mass is 9.94. The summed E-state index contributed by atoms with van der Waals surface area (Å²) in [6.07, 6.45) is 2.72. The maximum absolute atomic E-state index is 5.64. The van der Waals surface area contributed by atoms with E-state index in [4.69, 9.17) is 4.74 Å². The van der Waals surface area contributed by atoms with Crippen LogP contribution >= 0.6 is 0 Å². The second-order valence-corrected chi connectivity index (χ2v) is 6.47. The van der Waals surface area contributed by atoms with Gasteiger partial charge in [0, 0.05) is 25.0 Å². The molecule has 19 heavy (non-hydrogen) atoms. The molecular formula is C15H31N3O. The van der Waals surface area contributed by atoms with E-state index in [1.165, 1.54) is 39.0 Å². The first-order chi connectivity index (χ1) is 9.19. The summed E-state index contributed by atoms with van der Waals surface area (Å²) in [5.74, 6) is 1.58. The molecule has 0 aromatic carbocycles. The maximum Gasteiger partial charge on any atom is 0.0623 e. The fraction of sp³-hybridized carbons (Fsp3) is 1.00. The fourth-order valence-corrected chi connectivity index (χ4v) is 3.47. The van der Waals surface area contributed by atoms with E-state index in [0.29, 0.717) is 12.0 Å². The number of nitrogens with one attached hydrogen (secondary N) is 1. The Kier molecular flexibility index (Phi) is 6.07. The molecule has 2 atom stereocenters. The van der Waals surface area contributed by atoms with Crippen LogP contribution in [-0.2, 0) is 4.74 Å². The van der Waals surface area contributed by atoms with Crippen LogP contribution in [0.4, 0.5) is 0 Å². The minimum Gasteiger partial charge on any atom is -0.379 e. The van der Waals surface area contributed by atoms with Crippen molar-refractivity contribution in [2.75, 3.05) is 60.0 Å². The highest BCUT2D eigenvalue weighted by molar-refractivity contribution is 4.85. The highest BCUT2D eigenvalue weighted by Crippen LogP contribution is 2.21. The van der Waals surface area contributed by atoms with Gasteiger partial charge in [-0.15, -0.1) is 0 Å². The second kappa shape index (κ2) is 7.58. The van der Waals surface area contributed by atoms with Crippen molar-refractivity contribution in [1.82, 2.24) is 15.1 Å². The number of rotatable bonds is 6. The molecule has 0 aliphatic carbocycles. The number of hydrogen-bond donors (Lipinski definition) is 1. The summed E-state index contributed by atoms with van der Waals surface area (Å²) in [5.41, 5.74) is 0. The van der Waals surface area contributed by atoms with Gasteiger partial charge in [-0.3, -0.25) is 0 Å². The molecule has 2 fully saturated rings. The minimum atomic E-state index is 0.574. The van der Waals surface area contributed by atoms with Gasteiger partial charge in [0.25, 0.3) is 0 Å². The van der Waals surface area contributed by atoms with Crippen LogP contribution in [0.2, 0.25) is 0 Å². The zero-order valence-electron chi connectivity index (χ0n) is 12.9. The van der Waals surface area contributed by atoms with E-state index in [-0.39, 0.29) is 0 Å². The van der Waals surface area contributed by atoms with Gasteiger partial charge < -0.3 is 19.9 Å². The molecule has 0 aromatic rings. The van der Waals surface area contributed by atoms with Crippen molar-refractivity contribution in [2.45, 2.75) is 25.8 Å². The number of likely N-dealkylation sites (N-methyl/N-ethyl adjacent to an activating group) is 1. The van der Waals surface area contributed by atoms with Gasteiger partial charge in [-0.05, 0) is 52.5 Å². The Labute approximate surface area is 118 Å². The van der Waals surface area contributed by atoms with E-state index in [1.807, 2.05) is 0 Å². The number of nitrogens with zero attached hydrogens (tertiary/aromatic N) is 2. The van der Waals surface area contributed by atoms with Crippen molar-refractivity contribution in [3.63, 3.8) is 0 Å². The molecule has 0 radical (unpaired) electrons. The average molecular weight is 269 g/mol. The molecular weight excluding hydrogens is 238 g/mol. The van der Waals surface area contributed by atoms with E-state index in [2.05, 4.69) is 36.1 Å². The highest BCUT2D eigenvalue weighted by atomic mass is 16.5. The van der Waals surface area contributed by atoms with Crippen molar-refractivity contribution >= 4 is 0 Å². The van der Waals surface area contributed by atoms with Gasteiger partial charge in [0.05, 0.1) is 13.2 Å². The minimum absolute atomic E-state index is 0.574. The van der Waals surface area contributed by atoms with E-state index in [0.717, 1.165) is 25.7 Å². The van der Waals surface area contributed by atoms with Crippen molar-refractivity contribution in [3.8, 4) is 0 Å². The average Bonchev–Trinajstić information content (AvgIpc) is 2.79. The Morgan fingerprint density at radius 1 is 1.21 bits per heavy atom. The van der Waals surface area contributed by atoms with Crippen LogP contribution in [-0.4, -0.2) is 75.9 Å². The van der Waals surface area contributed by atoms with Crippen LogP contribution < -0.4 is 5.32 Å². The molecule has 2 saturated heterocycles. The quantitative estimate of drug-likeness (QED) is 0.775. The zero-order chi connectivity index (χ0) is 13.7. The molecule has 1 N–H and O–H groups in total. The third-order valence-corrected chi connectivity index (χ3v) is 4.49. The summed E-state index contributed by atoms with van der Waals surface area (Å²) in [6.45, 7) is 10.1. The molecule has 0 spiro atoms. The van der Waals surface area contributed by atoms with Gasteiger partial charge in [-0.25, -0.2) is 0 Å². The molecule has 0 aromatic heterocycles. The largest absolute Gasteiger partial charge is 0.379 e. The van der Waals surface area contributed by atoms with Crippen LogP contribution in [0.1, 0.15) is 19.8 Å². The van der Waals surface area contributed by atoms with Gasteiger partial charge in [0.2, 0.25) is 0 Å². The van der Waals surface area contributed by atoms with E-state index >= 15 is 0 Å². The molecule has 0 bridgehead atoms. The van der Waals surface area contributed by atoms with Crippen LogP contribution in [0, 0.1) is 11.8 Å². The zero-order valence-corrected chi connectivity index (χ0v) is 12.9. The van der Waals surface area contributed by atoms with Gasteiger partial charge in [0.1, 0.15) is 0 Å². The lowest BCUT2D eigenvalue weighted by Crippen LogP contribution is -2.44. The van der Waals surface area contributed by atoms with Crippen LogP contribution in [0.15, 0.2) is 0 Å². The summed E-state index contributed by atoms with van der Waals surface area (Å²) in [5, 5.41) is 3.56. The third-order valence-electron chi connectivity index (χ3n) is 4.49. The normalized spacial score (nSPS) is 30.3. The van der Waals surface area contributed by atoms with E-state index in [1.54, 1.807) is 0 Å². The Morgan fingerprint density at radius 2 is 1.95 bits per heavy atom. The topological polar surface area (TPSA) is 27.7 Å². The Morgan fingerprint density at radius 3 is 2.58 bits per heavy atom. The summed E-state index contributed by atoms with van der Waals surface area (Å²) in [4.78, 5) is 4.97. The van der Waals surface area contributed by atoms with Crippen molar-refractivity contribution in [3.05, 3.63) is 0 Å². The van der Waals surface area contributed by atoms with Crippen molar-refractivity contribution in [2.24, 2.45) is 11.8 Å². The smallest absolute Gasteiger partial charge is 0.0623 e. The van der Waals surface area contributed by atoms with Crippen molar-refractivity contribution < 1.29 is 4.74 Å². The molecule has 2 rings (SSSR count). The SMILES string of the molecule is CCNC1COCC1CN1CCC(CN(C)C)CC1. The first-order valence-corrected chi connectivity index (χ1v) is 7.87. The van der Waals surface area contributed by atoms with Gasteiger partial charge >= 0.3 is 0 Å². The molecule has 0 amide bonds. The number of piperidine rings is 1. The summed E-state index contributed by atoms with van der Waals surface area (Å²) in [6, 6.07) is 0.574. The van der Waals surface area contributed by atoms with Crippen LogP contribution in [0.5, 0.6) is 0 Å². The van der Waals surface area contributed by atoms with Crippen LogP contribution in [0.3, 0.4) is 0 Å². The summed E-state index contributed by atoms with van der Waals surface area (Å²) < 4.78 is 5.64. The molecule has 2 heterocycles. The Balaban J connectivity index is 1.70. The maximum atomic E-state index is 5.64. The van der Waals surface area contributed by atoms with E-state index < -0.39 is 0 Å². The molecule has 4 nitrogen and oxygen atoms in total. The molecule has 112 valence electrons. The first-order valence-electron chi connectivity index (χ1n) is 7.87. The lowest BCUT2D eigenvalue weighted by molar-refractivity contribution is 0.130. The van der Waals surface area contributed by atoms with Gasteiger partial charge in [-0.2, -0.15) is 0 Å². The molecule has 2 aliphatic heterocycles. The molecule has 2 unspecified atom stereocenters. The Hall–Kier alpha value is -0.160. The lowest BCUT2D eigenvalue weighted by Gasteiger charge is -2.35. The van der Waals surface area contributed by atoms with Gasteiger partial charge in [0.15, 0.2) is 0 Å². The predicted molar refractivity (Wildman–Crippen MR) is 79.5 cm³/mol. The summed E-state index contributed by atoms with van der Waals surface area (Å²) >= 11 is 0. The molecule has 4 heteroatoms. The van der Waals surface area contributed by atoms with Crippen LogP contribution in [0.25, 0.3) is 0 Å². The molecule has 2 aliphatic rings. The second-order valence-electron chi connectivity index (χ2n) is 6.47.